The summed E-state index contributed by atoms with van der Waals surface area (Å²) in [5.41, 5.74) is 1.74. The average Bonchev–Trinajstić information content (AvgIpc) is 2.49. The van der Waals surface area contributed by atoms with Gasteiger partial charge in [0.05, 0.1) is 0 Å². The predicted octanol–water partition coefficient (Wildman–Crippen LogP) is 4.15. The standard InChI is InChI=1S/C15H12O2.C2H6/c1-11(16)13-8-5-9-14(10-13)15(17)12-6-3-2-4-7-12;1-2/h2-10H,1H3;1-2H3. The van der Waals surface area contributed by atoms with Crippen LogP contribution in [0.2, 0.25) is 0 Å². The minimum Gasteiger partial charge on any atom is -0.295 e. The van der Waals surface area contributed by atoms with E-state index in [1.165, 1.54) is 6.92 Å². The van der Waals surface area contributed by atoms with Gasteiger partial charge in [0.2, 0.25) is 0 Å². The highest BCUT2D eigenvalue weighted by atomic mass is 16.1. The summed E-state index contributed by atoms with van der Waals surface area (Å²) in [6.45, 7) is 5.49. The summed E-state index contributed by atoms with van der Waals surface area (Å²) >= 11 is 0. The van der Waals surface area contributed by atoms with Crippen molar-refractivity contribution >= 4 is 11.6 Å². The third-order valence-corrected chi connectivity index (χ3v) is 2.57. The molecular formula is C17H18O2. The normalized spacial score (nSPS) is 9.21. The average molecular weight is 254 g/mol. The number of hydrogen-bond acceptors (Lipinski definition) is 2. The third-order valence-electron chi connectivity index (χ3n) is 2.57. The Balaban J connectivity index is 0.000000861. The van der Waals surface area contributed by atoms with Crippen molar-refractivity contribution < 1.29 is 9.59 Å². The van der Waals surface area contributed by atoms with Crippen molar-refractivity contribution in [2.75, 3.05) is 0 Å². The Hall–Kier alpha value is -2.22. The highest BCUT2D eigenvalue weighted by Crippen LogP contribution is 2.12. The van der Waals surface area contributed by atoms with Gasteiger partial charge in [-0.2, -0.15) is 0 Å². The Morgan fingerprint density at radius 1 is 0.737 bits per heavy atom. The summed E-state index contributed by atoms with van der Waals surface area (Å²) in [7, 11) is 0. The minimum absolute atomic E-state index is 0.0345. The van der Waals surface area contributed by atoms with Crippen molar-refractivity contribution in [2.24, 2.45) is 0 Å². The fourth-order valence-electron chi connectivity index (χ4n) is 1.64. The van der Waals surface area contributed by atoms with Gasteiger partial charge in [0.25, 0.3) is 0 Å². The van der Waals surface area contributed by atoms with E-state index in [2.05, 4.69) is 0 Å². The van der Waals surface area contributed by atoms with Gasteiger partial charge in [0.1, 0.15) is 0 Å². The van der Waals surface area contributed by atoms with E-state index in [1.807, 2.05) is 32.0 Å². The van der Waals surface area contributed by atoms with Gasteiger partial charge in [0, 0.05) is 16.7 Å². The maximum Gasteiger partial charge on any atom is 0.193 e. The van der Waals surface area contributed by atoms with E-state index < -0.39 is 0 Å². The molecule has 0 heterocycles. The van der Waals surface area contributed by atoms with Gasteiger partial charge >= 0.3 is 0 Å². The van der Waals surface area contributed by atoms with Gasteiger partial charge in [-0.3, -0.25) is 9.59 Å². The van der Waals surface area contributed by atoms with Crippen molar-refractivity contribution in [3.05, 3.63) is 71.3 Å². The molecule has 2 rings (SSSR count). The van der Waals surface area contributed by atoms with Gasteiger partial charge in [-0.1, -0.05) is 62.4 Å². The minimum atomic E-state index is -0.0614. The molecule has 0 atom stereocenters. The first-order chi connectivity index (χ1) is 9.18. The molecule has 0 aliphatic rings. The molecule has 0 aliphatic carbocycles. The summed E-state index contributed by atoms with van der Waals surface area (Å²) in [4.78, 5) is 23.4. The van der Waals surface area contributed by atoms with Crippen LogP contribution in [-0.4, -0.2) is 11.6 Å². The van der Waals surface area contributed by atoms with Crippen molar-refractivity contribution in [1.29, 1.82) is 0 Å². The lowest BCUT2D eigenvalue weighted by atomic mass is 10.0. The SMILES string of the molecule is CC.CC(=O)c1cccc(C(=O)c2ccccc2)c1. The van der Waals surface area contributed by atoms with E-state index >= 15 is 0 Å². The Bertz CT molecular complexity index is 556. The zero-order valence-corrected chi connectivity index (χ0v) is 11.5. The molecule has 0 radical (unpaired) electrons. The van der Waals surface area contributed by atoms with Crippen molar-refractivity contribution in [2.45, 2.75) is 20.8 Å². The molecule has 0 amide bonds. The molecule has 19 heavy (non-hydrogen) atoms. The maximum atomic E-state index is 12.1. The molecule has 2 heteroatoms. The van der Waals surface area contributed by atoms with E-state index in [4.69, 9.17) is 0 Å². The van der Waals surface area contributed by atoms with Crippen LogP contribution >= 0.6 is 0 Å². The Labute approximate surface area is 114 Å². The topological polar surface area (TPSA) is 34.1 Å². The lowest BCUT2D eigenvalue weighted by Crippen LogP contribution is -2.02. The van der Waals surface area contributed by atoms with E-state index in [0.29, 0.717) is 16.7 Å². The van der Waals surface area contributed by atoms with Crippen LogP contribution < -0.4 is 0 Å². The molecule has 0 fully saturated rings. The van der Waals surface area contributed by atoms with Gasteiger partial charge in [0.15, 0.2) is 11.6 Å². The first kappa shape index (κ1) is 14.8. The second-order valence-corrected chi connectivity index (χ2v) is 3.83. The fraction of sp³-hybridized carbons (Fsp3) is 0.176. The van der Waals surface area contributed by atoms with E-state index in [-0.39, 0.29) is 11.6 Å². The van der Waals surface area contributed by atoms with Gasteiger partial charge in [-0.05, 0) is 13.0 Å². The molecule has 0 unspecified atom stereocenters. The molecule has 0 spiro atoms. The number of rotatable bonds is 3. The lowest BCUT2D eigenvalue weighted by molar-refractivity contribution is 0.101. The van der Waals surface area contributed by atoms with Crippen molar-refractivity contribution in [1.82, 2.24) is 0 Å². The summed E-state index contributed by atoms with van der Waals surface area (Å²) in [6.07, 6.45) is 0. The number of benzene rings is 2. The number of hydrogen-bond donors (Lipinski definition) is 0. The van der Waals surface area contributed by atoms with Crippen LogP contribution in [0.5, 0.6) is 0 Å². The fourth-order valence-corrected chi connectivity index (χ4v) is 1.64. The van der Waals surface area contributed by atoms with Crippen LogP contribution in [-0.2, 0) is 0 Å². The number of Topliss-reactive ketones (excluding diaryl/α,β-unsaturated/α-hetero) is 1. The highest BCUT2D eigenvalue weighted by Gasteiger charge is 2.09. The molecule has 2 aromatic carbocycles. The molecule has 0 aliphatic heterocycles. The van der Waals surface area contributed by atoms with Crippen LogP contribution in [0.15, 0.2) is 54.6 Å². The number of carbonyl (C=O) groups excluding carboxylic acids is 2. The summed E-state index contributed by atoms with van der Waals surface area (Å²) in [6, 6.07) is 15.8. The highest BCUT2D eigenvalue weighted by molar-refractivity contribution is 6.10. The third kappa shape index (κ3) is 3.88. The second kappa shape index (κ2) is 7.27. The largest absolute Gasteiger partial charge is 0.295 e. The molecular weight excluding hydrogens is 236 g/mol. The molecule has 0 N–H and O–H groups in total. The number of carbonyl (C=O) groups is 2. The van der Waals surface area contributed by atoms with Crippen LogP contribution in [0, 0.1) is 0 Å². The zero-order valence-electron chi connectivity index (χ0n) is 11.5. The zero-order chi connectivity index (χ0) is 14.3. The van der Waals surface area contributed by atoms with Crippen LogP contribution in [0.25, 0.3) is 0 Å². The van der Waals surface area contributed by atoms with Gasteiger partial charge in [-0.25, -0.2) is 0 Å². The maximum absolute atomic E-state index is 12.1. The van der Waals surface area contributed by atoms with Crippen LogP contribution in [0.4, 0.5) is 0 Å². The summed E-state index contributed by atoms with van der Waals surface area (Å²) < 4.78 is 0. The first-order valence-electron chi connectivity index (χ1n) is 6.39. The lowest BCUT2D eigenvalue weighted by Gasteiger charge is -2.02. The molecule has 2 nitrogen and oxygen atoms in total. The molecule has 0 saturated heterocycles. The van der Waals surface area contributed by atoms with E-state index in [1.54, 1.807) is 36.4 Å². The quantitative estimate of drug-likeness (QED) is 0.771. The Morgan fingerprint density at radius 3 is 1.84 bits per heavy atom. The smallest absolute Gasteiger partial charge is 0.193 e. The Kier molecular flexibility index (Phi) is 5.68. The molecule has 2 aromatic rings. The van der Waals surface area contributed by atoms with Crippen molar-refractivity contribution in [3.63, 3.8) is 0 Å². The molecule has 0 bridgehead atoms. The molecule has 98 valence electrons. The van der Waals surface area contributed by atoms with Gasteiger partial charge < -0.3 is 0 Å². The monoisotopic (exact) mass is 254 g/mol. The predicted molar refractivity (Wildman–Crippen MR) is 77.7 cm³/mol. The molecule has 0 aromatic heterocycles. The first-order valence-corrected chi connectivity index (χ1v) is 6.39. The van der Waals surface area contributed by atoms with Crippen LogP contribution in [0.1, 0.15) is 47.1 Å². The van der Waals surface area contributed by atoms with Gasteiger partial charge in [-0.15, -0.1) is 0 Å². The summed E-state index contributed by atoms with van der Waals surface area (Å²) in [5.74, 6) is -0.0959. The van der Waals surface area contributed by atoms with E-state index in [0.717, 1.165) is 0 Å². The Morgan fingerprint density at radius 2 is 1.26 bits per heavy atom. The van der Waals surface area contributed by atoms with Crippen molar-refractivity contribution in [3.8, 4) is 0 Å². The number of ketones is 2. The van der Waals surface area contributed by atoms with Crippen LogP contribution in [0.3, 0.4) is 0 Å². The summed E-state index contributed by atoms with van der Waals surface area (Å²) in [5, 5.41) is 0. The van der Waals surface area contributed by atoms with E-state index in [9.17, 15) is 9.59 Å². The molecule has 0 saturated carbocycles. The second-order valence-electron chi connectivity index (χ2n) is 3.83.